The molecule has 2 heterocycles. The molecule has 0 radical (unpaired) electrons. The van der Waals surface area contributed by atoms with Gasteiger partial charge in [0.15, 0.2) is 6.61 Å². The van der Waals surface area contributed by atoms with Crippen LogP contribution in [0.25, 0.3) is 0 Å². The Morgan fingerprint density at radius 1 is 1.11 bits per heavy atom. The third kappa shape index (κ3) is 5.44. The van der Waals surface area contributed by atoms with Crippen molar-refractivity contribution in [1.29, 1.82) is 0 Å². The molecule has 0 aliphatic carbocycles. The SMILES string of the molecule is CC(C)(C)c1ccc(OCC(=O)NCc2ccc(C(O)c3cccs3)s2)cc1. The summed E-state index contributed by atoms with van der Waals surface area (Å²) in [6.07, 6.45) is -0.603. The summed E-state index contributed by atoms with van der Waals surface area (Å²) in [4.78, 5) is 14.9. The molecule has 0 saturated heterocycles. The molecule has 0 aliphatic rings. The number of nitrogens with one attached hydrogen (secondary N) is 1. The van der Waals surface area contributed by atoms with Gasteiger partial charge in [-0.25, -0.2) is 0 Å². The summed E-state index contributed by atoms with van der Waals surface area (Å²) in [7, 11) is 0. The highest BCUT2D eigenvalue weighted by molar-refractivity contribution is 7.12. The minimum Gasteiger partial charge on any atom is -0.484 e. The third-order valence-electron chi connectivity index (χ3n) is 4.31. The fourth-order valence-corrected chi connectivity index (χ4v) is 4.42. The second-order valence-corrected chi connectivity index (χ2v) is 9.74. The van der Waals surface area contributed by atoms with Crippen molar-refractivity contribution in [1.82, 2.24) is 5.32 Å². The molecule has 3 rings (SSSR count). The van der Waals surface area contributed by atoms with E-state index in [1.165, 1.54) is 28.2 Å². The van der Waals surface area contributed by atoms with Crippen LogP contribution in [0.5, 0.6) is 5.75 Å². The lowest BCUT2D eigenvalue weighted by atomic mass is 9.87. The fraction of sp³-hybridized carbons (Fsp3) is 0.318. The number of carbonyl (C=O) groups excluding carboxylic acids is 1. The monoisotopic (exact) mass is 415 g/mol. The first-order valence-corrected chi connectivity index (χ1v) is 10.8. The summed E-state index contributed by atoms with van der Waals surface area (Å²) >= 11 is 3.03. The number of ether oxygens (including phenoxy) is 1. The van der Waals surface area contributed by atoms with Gasteiger partial charge in [-0.15, -0.1) is 22.7 Å². The van der Waals surface area contributed by atoms with Crippen LogP contribution in [0, 0.1) is 0 Å². The molecule has 28 heavy (non-hydrogen) atoms. The van der Waals surface area contributed by atoms with Gasteiger partial charge < -0.3 is 15.2 Å². The zero-order valence-electron chi connectivity index (χ0n) is 16.3. The molecular weight excluding hydrogens is 390 g/mol. The van der Waals surface area contributed by atoms with Crippen molar-refractivity contribution in [2.45, 2.75) is 38.8 Å². The number of rotatable bonds is 7. The van der Waals surface area contributed by atoms with Gasteiger partial charge in [0.05, 0.1) is 6.54 Å². The third-order valence-corrected chi connectivity index (χ3v) is 6.38. The second kappa shape index (κ2) is 8.90. The number of hydrogen-bond donors (Lipinski definition) is 2. The average Bonchev–Trinajstić information content (AvgIpc) is 3.35. The van der Waals surface area contributed by atoms with Gasteiger partial charge >= 0.3 is 0 Å². The molecule has 3 aromatic rings. The average molecular weight is 416 g/mol. The summed E-state index contributed by atoms with van der Waals surface area (Å²) in [5.74, 6) is 0.509. The van der Waals surface area contributed by atoms with Gasteiger partial charge in [0.2, 0.25) is 0 Å². The Kier molecular flexibility index (Phi) is 6.54. The molecule has 4 nitrogen and oxygen atoms in total. The van der Waals surface area contributed by atoms with Crippen molar-refractivity contribution in [3.63, 3.8) is 0 Å². The Bertz CT molecular complexity index is 893. The van der Waals surface area contributed by atoms with Crippen LogP contribution in [-0.4, -0.2) is 17.6 Å². The highest BCUT2D eigenvalue weighted by atomic mass is 32.1. The van der Waals surface area contributed by atoms with Gasteiger partial charge in [-0.05, 0) is 46.7 Å². The van der Waals surface area contributed by atoms with E-state index >= 15 is 0 Å². The molecule has 6 heteroatoms. The van der Waals surface area contributed by atoms with E-state index in [2.05, 4.69) is 26.1 Å². The largest absolute Gasteiger partial charge is 0.484 e. The number of hydrogen-bond acceptors (Lipinski definition) is 5. The molecular formula is C22H25NO3S2. The van der Waals surface area contributed by atoms with Crippen molar-refractivity contribution in [2.75, 3.05) is 6.61 Å². The van der Waals surface area contributed by atoms with Gasteiger partial charge in [0.25, 0.3) is 5.91 Å². The zero-order chi connectivity index (χ0) is 20.1. The summed E-state index contributed by atoms with van der Waals surface area (Å²) < 4.78 is 5.57. The Balaban J connectivity index is 1.46. The summed E-state index contributed by atoms with van der Waals surface area (Å²) in [6, 6.07) is 15.5. The molecule has 0 aliphatic heterocycles. The minimum absolute atomic E-state index is 0.0229. The number of aliphatic hydroxyl groups is 1. The van der Waals surface area contributed by atoms with E-state index in [0.717, 1.165) is 14.6 Å². The lowest BCUT2D eigenvalue weighted by Gasteiger charge is -2.19. The Labute approximate surface area is 173 Å². The highest BCUT2D eigenvalue weighted by Gasteiger charge is 2.15. The van der Waals surface area contributed by atoms with E-state index in [0.29, 0.717) is 12.3 Å². The second-order valence-electron chi connectivity index (χ2n) is 7.56. The summed E-state index contributed by atoms with van der Waals surface area (Å²) in [6.45, 7) is 6.88. The van der Waals surface area contributed by atoms with Crippen molar-refractivity contribution in [2.24, 2.45) is 0 Å². The highest BCUT2D eigenvalue weighted by Crippen LogP contribution is 2.30. The predicted molar refractivity (Wildman–Crippen MR) is 115 cm³/mol. The number of thiophene rings is 2. The van der Waals surface area contributed by atoms with Gasteiger partial charge in [-0.2, -0.15) is 0 Å². The van der Waals surface area contributed by atoms with Crippen LogP contribution in [0.3, 0.4) is 0 Å². The molecule has 0 fully saturated rings. The van der Waals surface area contributed by atoms with Crippen LogP contribution < -0.4 is 10.1 Å². The quantitative estimate of drug-likeness (QED) is 0.578. The Morgan fingerprint density at radius 3 is 2.50 bits per heavy atom. The van der Waals surface area contributed by atoms with E-state index in [4.69, 9.17) is 4.74 Å². The smallest absolute Gasteiger partial charge is 0.258 e. The van der Waals surface area contributed by atoms with Crippen molar-refractivity contribution in [3.8, 4) is 5.75 Å². The molecule has 1 atom stereocenters. The van der Waals surface area contributed by atoms with Crippen molar-refractivity contribution in [3.05, 3.63) is 74.1 Å². The molecule has 2 N–H and O–H groups in total. The lowest BCUT2D eigenvalue weighted by molar-refractivity contribution is -0.123. The first kappa shape index (κ1) is 20.6. The van der Waals surface area contributed by atoms with Crippen molar-refractivity contribution < 1.29 is 14.6 Å². The molecule has 1 unspecified atom stereocenters. The van der Waals surface area contributed by atoms with E-state index in [1.807, 2.05) is 53.9 Å². The van der Waals surface area contributed by atoms with Crippen molar-refractivity contribution >= 4 is 28.6 Å². The summed E-state index contributed by atoms with van der Waals surface area (Å²) in [5.41, 5.74) is 1.31. The minimum atomic E-state index is -0.603. The summed E-state index contributed by atoms with van der Waals surface area (Å²) in [5, 5.41) is 15.2. The first-order valence-electron chi connectivity index (χ1n) is 9.13. The van der Waals surface area contributed by atoms with Crippen LogP contribution >= 0.6 is 22.7 Å². The van der Waals surface area contributed by atoms with Crippen LogP contribution in [-0.2, 0) is 16.8 Å². The molecule has 2 aromatic heterocycles. The lowest BCUT2D eigenvalue weighted by Crippen LogP contribution is -2.28. The molecule has 1 amide bonds. The van der Waals surface area contributed by atoms with Gasteiger partial charge in [0, 0.05) is 14.6 Å². The standard InChI is InChI=1S/C22H25NO3S2/c1-22(2,3)15-6-8-16(9-7-15)26-14-20(24)23-13-17-10-11-19(28-17)21(25)18-5-4-12-27-18/h4-12,21,25H,13-14H2,1-3H3,(H,23,24). The van der Waals surface area contributed by atoms with Gasteiger partial charge in [-0.3, -0.25) is 4.79 Å². The molecule has 0 saturated carbocycles. The van der Waals surface area contributed by atoms with Crippen LogP contribution in [0.4, 0.5) is 0 Å². The van der Waals surface area contributed by atoms with E-state index in [9.17, 15) is 9.90 Å². The van der Waals surface area contributed by atoms with Gasteiger partial charge in [0.1, 0.15) is 11.9 Å². The number of amides is 1. The Hall–Kier alpha value is -2.15. The van der Waals surface area contributed by atoms with Crippen LogP contribution in [0.1, 0.15) is 47.1 Å². The maximum absolute atomic E-state index is 12.1. The van der Waals surface area contributed by atoms with Crippen LogP contribution in [0.15, 0.2) is 53.9 Å². The maximum atomic E-state index is 12.1. The van der Waals surface area contributed by atoms with E-state index in [1.54, 1.807) is 0 Å². The topological polar surface area (TPSA) is 58.6 Å². The predicted octanol–water partition coefficient (Wildman–Crippen LogP) is 4.88. The molecule has 0 bridgehead atoms. The zero-order valence-corrected chi connectivity index (χ0v) is 17.9. The van der Waals surface area contributed by atoms with Gasteiger partial charge in [-0.1, -0.05) is 39.0 Å². The Morgan fingerprint density at radius 2 is 1.86 bits per heavy atom. The molecule has 1 aromatic carbocycles. The molecule has 148 valence electrons. The normalized spacial score (nSPS) is 12.6. The maximum Gasteiger partial charge on any atom is 0.258 e. The number of benzene rings is 1. The first-order chi connectivity index (χ1) is 13.3. The van der Waals surface area contributed by atoms with Crippen LogP contribution in [0.2, 0.25) is 0 Å². The fourth-order valence-electron chi connectivity index (χ4n) is 2.66. The number of aliphatic hydroxyl groups excluding tert-OH is 1. The van der Waals surface area contributed by atoms with E-state index < -0.39 is 6.10 Å². The number of carbonyl (C=O) groups is 1. The van der Waals surface area contributed by atoms with E-state index in [-0.39, 0.29) is 17.9 Å². The molecule has 0 spiro atoms.